The third kappa shape index (κ3) is 8.80. The van der Waals surface area contributed by atoms with Crippen LogP contribution in [0.15, 0.2) is 31.0 Å². The van der Waals surface area contributed by atoms with Gasteiger partial charge in [0.2, 0.25) is 0 Å². The lowest BCUT2D eigenvalue weighted by atomic mass is 9.99. The van der Waals surface area contributed by atoms with Crippen LogP contribution in [0.3, 0.4) is 0 Å². The zero-order valence-corrected chi connectivity index (χ0v) is 15.9. The minimum atomic E-state index is 0.750. The first-order valence-electron chi connectivity index (χ1n) is 9.19. The van der Waals surface area contributed by atoms with Crippen LogP contribution in [-0.4, -0.2) is 5.11 Å². The molecule has 2 N–H and O–H groups in total. The Morgan fingerprint density at radius 2 is 1.78 bits per heavy atom. The summed E-state index contributed by atoms with van der Waals surface area (Å²) in [5, 5.41) is 10.7. The summed E-state index contributed by atoms with van der Waals surface area (Å²) in [6, 6.07) is 6.71. The molecule has 2 atom stereocenters. The van der Waals surface area contributed by atoms with Crippen molar-refractivity contribution in [2.45, 2.75) is 73.4 Å². The third-order valence-electron chi connectivity index (χ3n) is 4.30. The monoisotopic (exact) mass is 319 g/mol. The summed E-state index contributed by atoms with van der Waals surface area (Å²) in [7, 11) is 0. The van der Waals surface area contributed by atoms with E-state index in [1.807, 2.05) is 13.8 Å². The Morgan fingerprint density at radius 1 is 1.22 bits per heavy atom. The number of aliphatic hydroxyl groups excluding tert-OH is 1. The molecule has 1 aliphatic heterocycles. The molecule has 1 fully saturated rings. The molecule has 3 rings (SSSR count). The summed E-state index contributed by atoms with van der Waals surface area (Å²) >= 11 is 0. The lowest BCUT2D eigenvalue weighted by molar-refractivity contribution is 0.476. The van der Waals surface area contributed by atoms with Crippen molar-refractivity contribution in [1.29, 1.82) is 0 Å². The molecule has 0 bridgehead atoms. The second kappa shape index (κ2) is 13.2. The molecule has 2 nitrogen and oxygen atoms in total. The maximum atomic E-state index is 7.33. The molecule has 0 radical (unpaired) electrons. The lowest BCUT2D eigenvalue weighted by Crippen LogP contribution is -2.01. The van der Waals surface area contributed by atoms with E-state index in [-0.39, 0.29) is 0 Å². The van der Waals surface area contributed by atoms with Crippen molar-refractivity contribution in [3.8, 4) is 0 Å². The predicted molar refractivity (Wildman–Crippen MR) is 103 cm³/mol. The quantitative estimate of drug-likeness (QED) is 0.669. The van der Waals surface area contributed by atoms with E-state index in [2.05, 4.69) is 50.9 Å². The van der Waals surface area contributed by atoms with Gasteiger partial charge in [-0.1, -0.05) is 65.8 Å². The van der Waals surface area contributed by atoms with E-state index in [4.69, 9.17) is 5.11 Å². The Balaban J connectivity index is 0.000000402. The molecular formula is C21H37NO. The van der Waals surface area contributed by atoms with Gasteiger partial charge in [-0.2, -0.15) is 0 Å². The van der Waals surface area contributed by atoms with E-state index in [0.29, 0.717) is 0 Å². The molecule has 1 heterocycles. The molecule has 1 aliphatic carbocycles. The van der Waals surface area contributed by atoms with E-state index in [1.54, 1.807) is 11.1 Å². The van der Waals surface area contributed by atoms with Gasteiger partial charge in [0.15, 0.2) is 0 Å². The van der Waals surface area contributed by atoms with Crippen LogP contribution in [0.1, 0.15) is 70.6 Å². The molecule has 0 amide bonds. The molecule has 2 heteroatoms. The Kier molecular flexibility index (Phi) is 12.5. The van der Waals surface area contributed by atoms with E-state index in [9.17, 15) is 0 Å². The fourth-order valence-corrected chi connectivity index (χ4v) is 2.51. The van der Waals surface area contributed by atoms with Crippen LogP contribution in [0.5, 0.6) is 0 Å². The van der Waals surface area contributed by atoms with Crippen molar-refractivity contribution >= 4 is 0 Å². The van der Waals surface area contributed by atoms with Crippen LogP contribution in [0.2, 0.25) is 0 Å². The van der Waals surface area contributed by atoms with Crippen molar-refractivity contribution in [2.24, 2.45) is 11.8 Å². The standard InChI is InChI=1S/C12H17N.C5H10.C2H4O.C2H6/c1-2-3-5-10-6-4-7-11-8-13-9-12(10)11;1-4-3-5(4)2;1-2-3;1-2/h4,6-7,13H,2-3,5,8-9H2,1H3;4-5H,3H2,1-2H3;2-3H,1H2;1-2H3. The zero-order chi connectivity index (χ0) is 17.7. The molecule has 0 aromatic heterocycles. The third-order valence-corrected chi connectivity index (χ3v) is 4.30. The van der Waals surface area contributed by atoms with Crippen LogP contribution in [0, 0.1) is 11.8 Å². The second-order valence-corrected chi connectivity index (χ2v) is 6.13. The number of benzene rings is 1. The van der Waals surface area contributed by atoms with Crippen LogP contribution in [-0.2, 0) is 19.5 Å². The molecule has 23 heavy (non-hydrogen) atoms. The topological polar surface area (TPSA) is 32.3 Å². The van der Waals surface area contributed by atoms with Crippen LogP contribution < -0.4 is 5.32 Å². The van der Waals surface area contributed by atoms with Gasteiger partial charge in [-0.15, -0.1) is 0 Å². The van der Waals surface area contributed by atoms with Crippen molar-refractivity contribution in [1.82, 2.24) is 5.32 Å². The Hall–Kier alpha value is -1.28. The fourth-order valence-electron chi connectivity index (χ4n) is 2.51. The number of rotatable bonds is 3. The summed E-state index contributed by atoms with van der Waals surface area (Å²) in [4.78, 5) is 0. The van der Waals surface area contributed by atoms with Gasteiger partial charge in [-0.3, -0.25) is 0 Å². The molecule has 1 saturated carbocycles. The average Bonchev–Trinajstić information content (AvgIpc) is 3.04. The van der Waals surface area contributed by atoms with Gasteiger partial charge in [0.05, 0.1) is 6.26 Å². The molecule has 2 aliphatic rings. The highest BCUT2D eigenvalue weighted by Crippen LogP contribution is 2.36. The highest BCUT2D eigenvalue weighted by Gasteiger charge is 2.26. The number of hydrogen-bond donors (Lipinski definition) is 2. The number of aryl methyl sites for hydroxylation is 1. The van der Waals surface area contributed by atoms with Gasteiger partial charge < -0.3 is 10.4 Å². The SMILES string of the molecule is C=CO.CC.CC1CC1C.CCCCc1cccc2c1CNC2. The van der Waals surface area contributed by atoms with Gasteiger partial charge in [0, 0.05) is 13.1 Å². The van der Waals surface area contributed by atoms with Gasteiger partial charge in [0.1, 0.15) is 0 Å². The molecular weight excluding hydrogens is 282 g/mol. The van der Waals surface area contributed by atoms with Crippen molar-refractivity contribution in [3.63, 3.8) is 0 Å². The minimum absolute atomic E-state index is 0.750. The van der Waals surface area contributed by atoms with E-state index >= 15 is 0 Å². The smallest absolute Gasteiger partial charge is 0.0719 e. The minimum Gasteiger partial charge on any atom is -0.516 e. The van der Waals surface area contributed by atoms with Crippen molar-refractivity contribution in [3.05, 3.63) is 47.7 Å². The van der Waals surface area contributed by atoms with Crippen molar-refractivity contribution in [2.75, 3.05) is 0 Å². The molecule has 0 spiro atoms. The molecule has 132 valence electrons. The van der Waals surface area contributed by atoms with Gasteiger partial charge in [-0.25, -0.2) is 0 Å². The molecule has 0 saturated heterocycles. The first-order chi connectivity index (χ1) is 11.1. The predicted octanol–water partition coefficient (Wildman–Crippen LogP) is 6.01. The summed E-state index contributed by atoms with van der Waals surface area (Å²) in [6.45, 7) is 15.9. The maximum Gasteiger partial charge on any atom is 0.0719 e. The first-order valence-corrected chi connectivity index (χ1v) is 9.19. The highest BCUT2D eigenvalue weighted by atomic mass is 16.2. The number of aliphatic hydroxyl groups is 1. The summed E-state index contributed by atoms with van der Waals surface area (Å²) in [6.07, 6.45) is 6.08. The highest BCUT2D eigenvalue weighted by molar-refractivity contribution is 5.37. The lowest BCUT2D eigenvalue weighted by Gasteiger charge is -2.06. The van der Waals surface area contributed by atoms with Gasteiger partial charge in [-0.05, 0) is 47.8 Å². The second-order valence-electron chi connectivity index (χ2n) is 6.13. The summed E-state index contributed by atoms with van der Waals surface area (Å²) in [5.41, 5.74) is 4.63. The number of fused-ring (bicyclic) bond motifs is 1. The van der Waals surface area contributed by atoms with Gasteiger partial charge in [0.25, 0.3) is 0 Å². The Bertz CT molecular complexity index is 422. The Morgan fingerprint density at radius 3 is 2.26 bits per heavy atom. The van der Waals surface area contributed by atoms with E-state index in [0.717, 1.165) is 31.2 Å². The van der Waals surface area contributed by atoms with Crippen LogP contribution in [0.4, 0.5) is 0 Å². The Labute approximate surface area is 144 Å². The van der Waals surface area contributed by atoms with E-state index < -0.39 is 0 Å². The first kappa shape index (κ1) is 21.7. The average molecular weight is 320 g/mol. The zero-order valence-electron chi connectivity index (χ0n) is 15.9. The van der Waals surface area contributed by atoms with Crippen LogP contribution in [0.25, 0.3) is 0 Å². The largest absolute Gasteiger partial charge is 0.516 e. The van der Waals surface area contributed by atoms with Crippen molar-refractivity contribution < 1.29 is 5.11 Å². The molecule has 2 unspecified atom stereocenters. The number of hydrogen-bond acceptors (Lipinski definition) is 2. The summed E-state index contributed by atoms with van der Waals surface area (Å²) in [5.74, 6) is 2.10. The molecule has 1 aromatic carbocycles. The fraction of sp³-hybridized carbons (Fsp3) is 0.619. The van der Waals surface area contributed by atoms with E-state index in [1.165, 1.54) is 31.2 Å². The normalized spacial score (nSPS) is 19.7. The summed E-state index contributed by atoms with van der Waals surface area (Å²) < 4.78 is 0. The molecule has 1 aromatic rings. The van der Waals surface area contributed by atoms with Crippen LogP contribution >= 0.6 is 0 Å². The van der Waals surface area contributed by atoms with Gasteiger partial charge >= 0.3 is 0 Å². The number of unbranched alkanes of at least 4 members (excludes halogenated alkanes) is 1. The maximum absolute atomic E-state index is 7.33. The number of nitrogens with one attached hydrogen (secondary N) is 1.